The van der Waals surface area contributed by atoms with Crippen molar-refractivity contribution in [3.05, 3.63) is 11.6 Å². The van der Waals surface area contributed by atoms with Crippen LogP contribution in [-0.2, 0) is 4.74 Å². The Morgan fingerprint density at radius 3 is 3.18 bits per heavy atom. The van der Waals surface area contributed by atoms with Gasteiger partial charge in [0.15, 0.2) is 5.13 Å². The normalized spacial score (nSPS) is 28.3. The molecule has 2 aliphatic rings. The molecule has 2 atom stereocenters. The van der Waals surface area contributed by atoms with Crippen molar-refractivity contribution in [3.63, 3.8) is 0 Å². The molecule has 0 aromatic carbocycles. The number of hydrogen-bond acceptors (Lipinski definition) is 5. The first-order valence-electron chi connectivity index (χ1n) is 7.92. The summed E-state index contributed by atoms with van der Waals surface area (Å²) in [6, 6.07) is 0.461. The monoisotopic (exact) mass is 324 g/mol. The van der Waals surface area contributed by atoms with Crippen LogP contribution >= 0.6 is 11.3 Å². The Morgan fingerprint density at radius 2 is 2.45 bits per heavy atom. The summed E-state index contributed by atoms with van der Waals surface area (Å²) < 4.78 is 6.12. The summed E-state index contributed by atoms with van der Waals surface area (Å²) in [5.74, 6) is 0. The zero-order chi connectivity index (χ0) is 15.6. The second-order valence-electron chi connectivity index (χ2n) is 6.51. The molecule has 7 heteroatoms. The average molecular weight is 324 g/mol. The summed E-state index contributed by atoms with van der Waals surface area (Å²) in [5, 5.41) is 9.31. The second-order valence-corrected chi connectivity index (χ2v) is 7.40. The second kappa shape index (κ2) is 6.42. The summed E-state index contributed by atoms with van der Waals surface area (Å²) in [6.07, 6.45) is 4.75. The molecular weight excluding hydrogens is 300 g/mol. The zero-order valence-corrected chi connectivity index (χ0v) is 14.0. The third-order valence-corrected chi connectivity index (χ3v) is 4.91. The van der Waals surface area contributed by atoms with E-state index in [1.54, 1.807) is 17.5 Å². The Hall–Kier alpha value is -1.34. The molecule has 2 fully saturated rings. The molecule has 22 heavy (non-hydrogen) atoms. The van der Waals surface area contributed by atoms with Gasteiger partial charge in [0.05, 0.1) is 24.8 Å². The standard InChI is InChI=1S/C15H24N4O2S/c1-11(2)17-14(20)19-6-3-4-15(10-19)8-12(9-21-15)18-13-16-5-7-22-13/h5,7,11-12H,3-4,6,8-10H2,1-2H3,(H,16,18)(H,17,20). The number of hydrogen-bond donors (Lipinski definition) is 2. The van der Waals surface area contributed by atoms with Crippen molar-refractivity contribution >= 4 is 22.5 Å². The molecule has 1 spiro atoms. The maximum Gasteiger partial charge on any atom is 0.317 e. The number of amides is 2. The van der Waals surface area contributed by atoms with E-state index in [1.165, 1.54) is 0 Å². The molecule has 2 aliphatic heterocycles. The number of anilines is 1. The molecule has 0 saturated carbocycles. The SMILES string of the molecule is CC(C)NC(=O)N1CCCC2(CC(Nc3nccs3)CO2)C1. The number of carbonyl (C=O) groups is 1. The lowest BCUT2D eigenvalue weighted by Gasteiger charge is -2.39. The van der Waals surface area contributed by atoms with Crippen molar-refractivity contribution in [1.29, 1.82) is 0 Å². The molecule has 1 aromatic rings. The van der Waals surface area contributed by atoms with Crippen LogP contribution < -0.4 is 10.6 Å². The average Bonchev–Trinajstić information content (AvgIpc) is 3.10. The maximum atomic E-state index is 12.2. The first-order chi connectivity index (χ1) is 10.6. The van der Waals surface area contributed by atoms with Crippen LogP contribution in [0.4, 0.5) is 9.93 Å². The molecule has 0 aliphatic carbocycles. The topological polar surface area (TPSA) is 66.5 Å². The quantitative estimate of drug-likeness (QED) is 0.895. The van der Waals surface area contributed by atoms with E-state index in [2.05, 4.69) is 15.6 Å². The lowest BCUT2D eigenvalue weighted by Crippen LogP contribution is -2.54. The highest BCUT2D eigenvalue weighted by molar-refractivity contribution is 7.13. The fourth-order valence-corrected chi connectivity index (χ4v) is 3.91. The lowest BCUT2D eigenvalue weighted by molar-refractivity contribution is -0.0410. The Labute approximate surface area is 135 Å². The van der Waals surface area contributed by atoms with E-state index in [0.717, 1.165) is 30.9 Å². The van der Waals surface area contributed by atoms with E-state index in [4.69, 9.17) is 4.74 Å². The number of urea groups is 1. The van der Waals surface area contributed by atoms with Gasteiger partial charge in [-0.15, -0.1) is 11.3 Å². The van der Waals surface area contributed by atoms with Gasteiger partial charge in [0.1, 0.15) is 0 Å². The van der Waals surface area contributed by atoms with E-state index < -0.39 is 0 Å². The van der Waals surface area contributed by atoms with Gasteiger partial charge in [-0.05, 0) is 26.7 Å². The van der Waals surface area contributed by atoms with Gasteiger partial charge in [-0.25, -0.2) is 9.78 Å². The number of thiazole rings is 1. The van der Waals surface area contributed by atoms with E-state index in [9.17, 15) is 4.79 Å². The van der Waals surface area contributed by atoms with Gasteiger partial charge in [-0.1, -0.05) is 0 Å². The zero-order valence-electron chi connectivity index (χ0n) is 13.2. The van der Waals surface area contributed by atoms with Gasteiger partial charge < -0.3 is 20.3 Å². The molecule has 122 valence electrons. The summed E-state index contributed by atoms with van der Waals surface area (Å²) in [4.78, 5) is 18.4. The van der Waals surface area contributed by atoms with Crippen molar-refractivity contribution in [2.75, 3.05) is 25.0 Å². The predicted octanol–water partition coefficient (Wildman–Crippen LogP) is 2.30. The van der Waals surface area contributed by atoms with Crippen LogP contribution in [0.25, 0.3) is 0 Å². The van der Waals surface area contributed by atoms with Crippen LogP contribution in [0.5, 0.6) is 0 Å². The summed E-state index contributed by atoms with van der Waals surface area (Å²) in [6.45, 7) is 6.14. The lowest BCUT2D eigenvalue weighted by atomic mass is 9.89. The number of aromatic nitrogens is 1. The minimum absolute atomic E-state index is 0.0222. The first-order valence-corrected chi connectivity index (χ1v) is 8.80. The number of nitrogens with one attached hydrogen (secondary N) is 2. The highest BCUT2D eigenvalue weighted by Crippen LogP contribution is 2.36. The van der Waals surface area contributed by atoms with Crippen LogP contribution in [0.15, 0.2) is 11.6 Å². The molecule has 3 heterocycles. The van der Waals surface area contributed by atoms with Gasteiger partial charge in [0, 0.05) is 30.6 Å². The van der Waals surface area contributed by atoms with E-state index in [1.807, 2.05) is 24.1 Å². The van der Waals surface area contributed by atoms with Gasteiger partial charge in [-0.3, -0.25) is 0 Å². The molecule has 1 aromatic heterocycles. The van der Waals surface area contributed by atoms with Crippen molar-refractivity contribution in [3.8, 4) is 0 Å². The molecule has 0 radical (unpaired) electrons. The van der Waals surface area contributed by atoms with Gasteiger partial charge in [0.25, 0.3) is 0 Å². The number of rotatable bonds is 3. The Bertz CT molecular complexity index is 508. The number of piperidine rings is 1. The molecule has 2 N–H and O–H groups in total. The molecule has 2 saturated heterocycles. The highest BCUT2D eigenvalue weighted by atomic mass is 32.1. The summed E-state index contributed by atoms with van der Waals surface area (Å²) in [7, 11) is 0. The summed E-state index contributed by atoms with van der Waals surface area (Å²) >= 11 is 1.60. The van der Waals surface area contributed by atoms with Crippen LogP contribution in [0, 0.1) is 0 Å². The number of nitrogens with zero attached hydrogens (tertiary/aromatic N) is 2. The van der Waals surface area contributed by atoms with Crippen molar-refractivity contribution in [2.24, 2.45) is 0 Å². The van der Waals surface area contributed by atoms with Gasteiger partial charge in [0.2, 0.25) is 0 Å². The minimum atomic E-state index is -0.193. The number of ether oxygens (including phenoxy) is 1. The molecule has 2 amide bonds. The van der Waals surface area contributed by atoms with Crippen molar-refractivity contribution in [1.82, 2.24) is 15.2 Å². The fraction of sp³-hybridized carbons (Fsp3) is 0.733. The van der Waals surface area contributed by atoms with Crippen molar-refractivity contribution in [2.45, 2.75) is 50.8 Å². The predicted molar refractivity (Wildman–Crippen MR) is 87.3 cm³/mol. The van der Waals surface area contributed by atoms with Crippen molar-refractivity contribution < 1.29 is 9.53 Å². The largest absolute Gasteiger partial charge is 0.371 e. The van der Waals surface area contributed by atoms with E-state index in [0.29, 0.717) is 13.2 Å². The van der Waals surface area contributed by atoms with Gasteiger partial charge in [-0.2, -0.15) is 0 Å². The van der Waals surface area contributed by atoms with Crippen LogP contribution in [0.2, 0.25) is 0 Å². The van der Waals surface area contributed by atoms with Crippen LogP contribution in [0.1, 0.15) is 33.1 Å². The fourth-order valence-electron chi connectivity index (χ4n) is 3.30. The Balaban J connectivity index is 1.58. The third kappa shape index (κ3) is 3.52. The third-order valence-electron chi connectivity index (χ3n) is 4.21. The molecule has 3 rings (SSSR count). The van der Waals surface area contributed by atoms with Crippen LogP contribution in [0.3, 0.4) is 0 Å². The molecule has 2 unspecified atom stereocenters. The van der Waals surface area contributed by atoms with E-state index in [-0.39, 0.29) is 23.7 Å². The molecular formula is C15H24N4O2S. The number of likely N-dealkylation sites (tertiary alicyclic amines) is 1. The number of carbonyl (C=O) groups excluding carboxylic acids is 1. The maximum absolute atomic E-state index is 12.2. The van der Waals surface area contributed by atoms with Gasteiger partial charge >= 0.3 is 6.03 Å². The van der Waals surface area contributed by atoms with E-state index >= 15 is 0 Å². The highest BCUT2D eigenvalue weighted by Gasteiger charge is 2.44. The molecule has 6 nitrogen and oxygen atoms in total. The Kier molecular flexibility index (Phi) is 4.54. The smallest absolute Gasteiger partial charge is 0.317 e. The molecule has 0 bridgehead atoms. The van der Waals surface area contributed by atoms with Crippen LogP contribution in [-0.4, -0.2) is 53.3 Å². The first kappa shape index (κ1) is 15.6. The Morgan fingerprint density at radius 1 is 1.59 bits per heavy atom. The minimum Gasteiger partial charge on any atom is -0.371 e. The summed E-state index contributed by atoms with van der Waals surface area (Å²) in [5.41, 5.74) is -0.193.